The average molecular weight is 431 g/mol. The zero-order valence-electron chi connectivity index (χ0n) is 18.5. The molecule has 2 aromatic carbocycles. The summed E-state index contributed by atoms with van der Waals surface area (Å²) in [6.07, 6.45) is 1.58. The summed E-state index contributed by atoms with van der Waals surface area (Å²) in [6, 6.07) is 14.1. The van der Waals surface area contributed by atoms with Crippen molar-refractivity contribution in [3.05, 3.63) is 88.1 Å². The minimum absolute atomic E-state index is 0.156. The third kappa shape index (κ3) is 4.69. The molecule has 0 atom stereocenters. The molecule has 4 aromatic rings. The van der Waals surface area contributed by atoms with Crippen molar-refractivity contribution in [2.24, 2.45) is 0 Å². The summed E-state index contributed by atoms with van der Waals surface area (Å²) in [4.78, 5) is 17.0. The Kier molecular flexibility index (Phi) is 6.02. The lowest BCUT2D eigenvalue weighted by Crippen LogP contribution is -2.16. The fourth-order valence-corrected chi connectivity index (χ4v) is 3.38. The van der Waals surface area contributed by atoms with Gasteiger partial charge in [0.15, 0.2) is 5.69 Å². The number of hydrogen-bond acceptors (Lipinski definition) is 6. The van der Waals surface area contributed by atoms with E-state index in [0.717, 1.165) is 22.4 Å². The van der Waals surface area contributed by atoms with Crippen LogP contribution in [0.15, 0.2) is 53.3 Å². The van der Waals surface area contributed by atoms with Crippen molar-refractivity contribution in [3.63, 3.8) is 0 Å². The summed E-state index contributed by atoms with van der Waals surface area (Å²) < 4.78 is 12.9. The maximum atomic E-state index is 12.8. The van der Waals surface area contributed by atoms with E-state index >= 15 is 0 Å². The second kappa shape index (κ2) is 9.05. The Labute approximate surface area is 186 Å². The number of amides is 1. The van der Waals surface area contributed by atoms with Gasteiger partial charge in [-0.05, 0) is 44.4 Å². The summed E-state index contributed by atoms with van der Waals surface area (Å²) in [5.41, 5.74) is 5.08. The number of nitrogens with zero attached hydrogens (tertiary/aromatic N) is 4. The number of nitrogens with one attached hydrogen (secondary N) is 1. The average Bonchev–Trinajstić information content (AvgIpc) is 3.35. The van der Waals surface area contributed by atoms with Crippen LogP contribution in [0, 0.1) is 27.7 Å². The van der Waals surface area contributed by atoms with Gasteiger partial charge in [-0.2, -0.15) is 0 Å². The topological polar surface area (TPSA) is 95.1 Å². The summed E-state index contributed by atoms with van der Waals surface area (Å²) in [5, 5.41) is 10.9. The Balaban J connectivity index is 1.44. The van der Waals surface area contributed by atoms with E-state index in [1.54, 1.807) is 17.9 Å². The van der Waals surface area contributed by atoms with Crippen molar-refractivity contribution in [2.75, 3.05) is 5.32 Å². The molecule has 0 unspecified atom stereocenters. The summed E-state index contributed by atoms with van der Waals surface area (Å²) in [7, 11) is 0. The Hall–Kier alpha value is -3.94. The first-order valence-corrected chi connectivity index (χ1v) is 10.3. The van der Waals surface area contributed by atoms with E-state index in [1.807, 2.05) is 63.2 Å². The number of ether oxygens (including phenoxy) is 1. The highest BCUT2D eigenvalue weighted by molar-refractivity contribution is 6.02. The summed E-state index contributed by atoms with van der Waals surface area (Å²) in [5.74, 6) is 1.06. The zero-order valence-corrected chi connectivity index (χ0v) is 18.5. The molecule has 2 aromatic heterocycles. The van der Waals surface area contributed by atoms with E-state index in [4.69, 9.17) is 9.26 Å². The molecule has 0 saturated heterocycles. The van der Waals surface area contributed by atoms with E-state index in [2.05, 4.69) is 20.6 Å². The second-order valence-electron chi connectivity index (χ2n) is 7.78. The number of aromatic nitrogens is 4. The number of carbonyl (C=O) groups is 1. The van der Waals surface area contributed by atoms with Gasteiger partial charge in [0.2, 0.25) is 5.95 Å². The van der Waals surface area contributed by atoms with Gasteiger partial charge in [0, 0.05) is 0 Å². The highest BCUT2D eigenvalue weighted by atomic mass is 16.5. The Morgan fingerprint density at radius 1 is 1.06 bits per heavy atom. The molecule has 164 valence electrons. The standard InChI is InChI=1S/C24H25N5O3/c1-15-8-10-19(11-9-15)12-29-14-25-24(27-29)26-23(30)21-20(18(4)32-28-21)13-31-22-16(2)6-5-7-17(22)3/h5-11,14H,12-13H2,1-4H3,(H,26,27,30). The number of hydrogen-bond donors (Lipinski definition) is 1. The molecule has 32 heavy (non-hydrogen) atoms. The molecule has 8 nitrogen and oxygen atoms in total. The molecule has 0 aliphatic carbocycles. The van der Waals surface area contributed by atoms with Crippen LogP contribution in [0.1, 0.15) is 44.1 Å². The highest BCUT2D eigenvalue weighted by Gasteiger charge is 2.22. The Morgan fingerprint density at radius 3 is 2.50 bits per heavy atom. The van der Waals surface area contributed by atoms with Crippen LogP contribution in [0.4, 0.5) is 5.95 Å². The zero-order chi connectivity index (χ0) is 22.7. The first kappa shape index (κ1) is 21.3. The van der Waals surface area contributed by atoms with Crippen LogP contribution in [0.2, 0.25) is 0 Å². The predicted molar refractivity (Wildman–Crippen MR) is 120 cm³/mol. The Bertz CT molecular complexity index is 1220. The molecular formula is C24H25N5O3. The number of carbonyl (C=O) groups excluding carboxylic acids is 1. The van der Waals surface area contributed by atoms with Crippen molar-refractivity contribution in [1.29, 1.82) is 0 Å². The van der Waals surface area contributed by atoms with Crippen LogP contribution >= 0.6 is 0 Å². The SMILES string of the molecule is Cc1ccc(Cn2cnc(NC(=O)c3noc(C)c3COc3c(C)cccc3C)n2)cc1. The van der Waals surface area contributed by atoms with Crippen LogP contribution in [0.5, 0.6) is 5.75 Å². The lowest BCUT2D eigenvalue weighted by molar-refractivity contribution is 0.101. The van der Waals surface area contributed by atoms with Crippen molar-refractivity contribution in [1.82, 2.24) is 19.9 Å². The molecular weight excluding hydrogens is 406 g/mol. The van der Waals surface area contributed by atoms with Gasteiger partial charge < -0.3 is 9.26 Å². The van der Waals surface area contributed by atoms with Gasteiger partial charge >= 0.3 is 0 Å². The van der Waals surface area contributed by atoms with Crippen LogP contribution in [-0.4, -0.2) is 25.8 Å². The molecule has 0 spiro atoms. The van der Waals surface area contributed by atoms with Crippen molar-refractivity contribution < 1.29 is 14.1 Å². The number of rotatable bonds is 7. The number of anilines is 1. The van der Waals surface area contributed by atoms with Crippen LogP contribution in [0.3, 0.4) is 0 Å². The van der Waals surface area contributed by atoms with E-state index in [1.165, 1.54) is 5.56 Å². The van der Waals surface area contributed by atoms with Crippen LogP contribution in [-0.2, 0) is 13.2 Å². The van der Waals surface area contributed by atoms with Gasteiger partial charge in [-0.25, -0.2) is 9.67 Å². The van der Waals surface area contributed by atoms with E-state index < -0.39 is 5.91 Å². The first-order chi connectivity index (χ1) is 15.4. The molecule has 0 radical (unpaired) electrons. The smallest absolute Gasteiger partial charge is 0.280 e. The predicted octanol–water partition coefficient (Wildman–Crippen LogP) is 4.38. The maximum absolute atomic E-state index is 12.8. The van der Waals surface area contributed by atoms with Gasteiger partial charge in [0.05, 0.1) is 12.1 Å². The lowest BCUT2D eigenvalue weighted by Gasteiger charge is -2.11. The maximum Gasteiger partial charge on any atom is 0.280 e. The minimum Gasteiger partial charge on any atom is -0.488 e. The molecule has 0 aliphatic rings. The summed E-state index contributed by atoms with van der Waals surface area (Å²) in [6.45, 7) is 8.48. The molecule has 8 heteroatoms. The molecule has 2 heterocycles. The monoisotopic (exact) mass is 431 g/mol. The van der Waals surface area contributed by atoms with Crippen molar-refractivity contribution >= 4 is 11.9 Å². The number of aryl methyl sites for hydroxylation is 4. The van der Waals surface area contributed by atoms with Crippen molar-refractivity contribution in [2.45, 2.75) is 40.8 Å². The minimum atomic E-state index is -0.449. The fraction of sp³-hybridized carbons (Fsp3) is 0.250. The first-order valence-electron chi connectivity index (χ1n) is 10.3. The molecule has 0 bridgehead atoms. The van der Waals surface area contributed by atoms with Gasteiger partial charge in [-0.3, -0.25) is 10.1 Å². The van der Waals surface area contributed by atoms with Gasteiger partial charge in [-0.1, -0.05) is 53.2 Å². The second-order valence-corrected chi connectivity index (χ2v) is 7.78. The largest absolute Gasteiger partial charge is 0.488 e. The lowest BCUT2D eigenvalue weighted by atomic mass is 10.1. The van der Waals surface area contributed by atoms with Crippen LogP contribution < -0.4 is 10.1 Å². The molecule has 4 rings (SSSR count). The number of benzene rings is 2. The highest BCUT2D eigenvalue weighted by Crippen LogP contribution is 2.25. The van der Waals surface area contributed by atoms with E-state index in [-0.39, 0.29) is 18.2 Å². The summed E-state index contributed by atoms with van der Waals surface area (Å²) >= 11 is 0. The third-order valence-electron chi connectivity index (χ3n) is 5.20. The molecule has 0 saturated carbocycles. The molecule has 1 amide bonds. The van der Waals surface area contributed by atoms with Gasteiger partial charge in [0.1, 0.15) is 24.4 Å². The fourth-order valence-electron chi connectivity index (χ4n) is 3.38. The third-order valence-corrected chi connectivity index (χ3v) is 5.20. The van der Waals surface area contributed by atoms with Gasteiger partial charge in [-0.15, -0.1) is 5.10 Å². The quantitative estimate of drug-likeness (QED) is 0.467. The molecule has 1 N–H and O–H groups in total. The van der Waals surface area contributed by atoms with E-state index in [0.29, 0.717) is 17.9 Å². The molecule has 0 fully saturated rings. The van der Waals surface area contributed by atoms with Gasteiger partial charge in [0.25, 0.3) is 5.91 Å². The van der Waals surface area contributed by atoms with Crippen molar-refractivity contribution in [3.8, 4) is 5.75 Å². The normalized spacial score (nSPS) is 10.9. The number of para-hydroxylation sites is 1. The van der Waals surface area contributed by atoms with E-state index in [9.17, 15) is 4.79 Å². The molecule has 0 aliphatic heterocycles. The van der Waals surface area contributed by atoms with Crippen LogP contribution in [0.25, 0.3) is 0 Å². The Morgan fingerprint density at radius 2 is 1.78 bits per heavy atom.